The topological polar surface area (TPSA) is 48.6 Å². The van der Waals surface area contributed by atoms with E-state index in [1.54, 1.807) is 0 Å². The summed E-state index contributed by atoms with van der Waals surface area (Å²) in [5.74, 6) is -0.567. The summed E-state index contributed by atoms with van der Waals surface area (Å²) < 4.78 is 0. The van der Waals surface area contributed by atoms with Crippen molar-refractivity contribution in [3.8, 4) is 0 Å². The van der Waals surface area contributed by atoms with Crippen LogP contribution in [-0.4, -0.2) is 50.0 Å². The molecule has 2 aromatic rings. The maximum atomic E-state index is 6.46. The quantitative estimate of drug-likeness (QED) is 0.264. The summed E-state index contributed by atoms with van der Waals surface area (Å²) in [6, 6.07) is 21.1. The number of rotatable bonds is 12. The fourth-order valence-electron chi connectivity index (χ4n) is 3.31. The van der Waals surface area contributed by atoms with Crippen LogP contribution in [0.4, 0.5) is 0 Å². The Morgan fingerprint density at radius 1 is 0.964 bits per heavy atom. The number of nitrogens with one attached hydrogen (secondary N) is 3. The van der Waals surface area contributed by atoms with E-state index in [0.29, 0.717) is 11.9 Å². The third kappa shape index (κ3) is 5.63. The highest BCUT2D eigenvalue weighted by molar-refractivity contribution is 9.09. The lowest BCUT2D eigenvalue weighted by Gasteiger charge is -2.47. The van der Waals surface area contributed by atoms with Gasteiger partial charge in [-0.2, -0.15) is 0 Å². The lowest BCUT2D eigenvalue weighted by Crippen LogP contribution is -2.69. The van der Waals surface area contributed by atoms with Crippen LogP contribution in [0.15, 0.2) is 60.7 Å². The first-order valence-corrected chi connectivity index (χ1v) is 10.9. The van der Waals surface area contributed by atoms with Crippen LogP contribution in [-0.2, 0) is 11.3 Å². The number of nitrogens with zero attached hydrogens (tertiary/aromatic N) is 1. The molecule has 6 heteroatoms. The Morgan fingerprint density at radius 3 is 2.04 bits per heavy atom. The summed E-state index contributed by atoms with van der Waals surface area (Å²) in [5.41, 5.74) is 2.46. The molecule has 0 bridgehead atoms. The molecule has 0 heterocycles. The van der Waals surface area contributed by atoms with Gasteiger partial charge in [0.15, 0.2) is 5.79 Å². The normalized spacial score (nSPS) is 14.2. The molecule has 2 unspecified atom stereocenters. The molecule has 0 aliphatic heterocycles. The number of halogens is 1. The van der Waals surface area contributed by atoms with E-state index in [1.807, 2.05) is 33.3 Å². The third-order valence-electron chi connectivity index (χ3n) is 5.18. The average molecular weight is 449 g/mol. The summed E-state index contributed by atoms with van der Waals surface area (Å²) in [6.07, 6.45) is 0.846. The zero-order chi connectivity index (χ0) is 20.4. The van der Waals surface area contributed by atoms with Crippen molar-refractivity contribution in [2.45, 2.75) is 31.2 Å². The van der Waals surface area contributed by atoms with Gasteiger partial charge in [0.25, 0.3) is 0 Å². The lowest BCUT2D eigenvalue weighted by atomic mass is 9.99. The highest BCUT2D eigenvalue weighted by Crippen LogP contribution is 2.30. The van der Waals surface area contributed by atoms with Crippen molar-refractivity contribution in [1.82, 2.24) is 21.0 Å². The summed E-state index contributed by atoms with van der Waals surface area (Å²) >= 11 is 3.68. The molecule has 0 aliphatic rings. The Kier molecular flexibility index (Phi) is 9.58. The van der Waals surface area contributed by atoms with E-state index in [-0.39, 0.29) is 12.1 Å². The minimum atomic E-state index is -0.567. The first kappa shape index (κ1) is 23.0. The van der Waals surface area contributed by atoms with E-state index in [1.165, 1.54) is 11.1 Å². The number of hydrogen-bond acceptors (Lipinski definition) is 5. The molecule has 0 radical (unpaired) electrons. The standard InChI is InChI=1S/C22H33BrN4O/c1-18(24-2)21(20-13-9-6-10-14-20)27(22(17-23,25-3)26-4)28-16-15-19-11-7-5-8-12-19/h5-14,18,21,24-26H,15-17H2,1-4H3. The SMILES string of the molecule is CNC(C)C(c1ccccc1)N(OCCc1ccccc1)C(CBr)(NC)NC. The zero-order valence-corrected chi connectivity index (χ0v) is 18.9. The van der Waals surface area contributed by atoms with Gasteiger partial charge in [0.1, 0.15) is 0 Å². The molecule has 2 atom stereocenters. The average Bonchev–Trinajstić information content (AvgIpc) is 2.76. The molecule has 5 nitrogen and oxygen atoms in total. The Labute approximate surface area is 177 Å². The number of hydroxylamine groups is 2. The first-order valence-electron chi connectivity index (χ1n) is 9.74. The van der Waals surface area contributed by atoms with Crippen LogP contribution in [0.2, 0.25) is 0 Å². The summed E-state index contributed by atoms with van der Waals surface area (Å²) in [4.78, 5) is 6.46. The number of hydrogen-bond donors (Lipinski definition) is 3. The van der Waals surface area contributed by atoms with E-state index in [0.717, 1.165) is 6.42 Å². The fourth-order valence-corrected chi connectivity index (χ4v) is 4.12. The maximum absolute atomic E-state index is 6.46. The molecule has 0 spiro atoms. The van der Waals surface area contributed by atoms with Crippen molar-refractivity contribution >= 4 is 15.9 Å². The van der Waals surface area contributed by atoms with E-state index in [4.69, 9.17) is 4.84 Å². The van der Waals surface area contributed by atoms with Crippen molar-refractivity contribution < 1.29 is 4.84 Å². The molecule has 0 fully saturated rings. The molecule has 28 heavy (non-hydrogen) atoms. The zero-order valence-electron chi connectivity index (χ0n) is 17.3. The number of likely N-dealkylation sites (N-methyl/N-ethyl adjacent to an activating group) is 1. The van der Waals surface area contributed by atoms with Crippen molar-refractivity contribution in [3.05, 3.63) is 71.8 Å². The molecule has 0 saturated carbocycles. The van der Waals surface area contributed by atoms with E-state index >= 15 is 0 Å². The molecular formula is C22H33BrN4O. The van der Waals surface area contributed by atoms with Crippen molar-refractivity contribution in [3.63, 3.8) is 0 Å². The highest BCUT2D eigenvalue weighted by atomic mass is 79.9. The molecule has 0 amide bonds. The Bertz CT molecular complexity index is 658. The first-order chi connectivity index (χ1) is 13.6. The Balaban J connectivity index is 2.33. The van der Waals surface area contributed by atoms with Crippen LogP contribution >= 0.6 is 15.9 Å². The van der Waals surface area contributed by atoms with Gasteiger partial charge < -0.3 is 5.32 Å². The molecule has 0 aromatic heterocycles. The van der Waals surface area contributed by atoms with Gasteiger partial charge in [-0.25, -0.2) is 0 Å². The van der Waals surface area contributed by atoms with Crippen molar-refractivity contribution in [2.75, 3.05) is 33.1 Å². The van der Waals surface area contributed by atoms with Crippen LogP contribution in [0, 0.1) is 0 Å². The monoisotopic (exact) mass is 448 g/mol. The maximum Gasteiger partial charge on any atom is 0.158 e. The predicted molar refractivity (Wildman–Crippen MR) is 120 cm³/mol. The smallest absolute Gasteiger partial charge is 0.158 e. The fraction of sp³-hybridized carbons (Fsp3) is 0.455. The molecule has 154 valence electrons. The number of benzene rings is 2. The molecule has 2 rings (SSSR count). The Morgan fingerprint density at radius 2 is 1.54 bits per heavy atom. The van der Waals surface area contributed by atoms with Gasteiger partial charge in [0, 0.05) is 6.04 Å². The second-order valence-electron chi connectivity index (χ2n) is 6.82. The minimum Gasteiger partial charge on any atom is -0.315 e. The van der Waals surface area contributed by atoms with Gasteiger partial charge in [-0.1, -0.05) is 76.6 Å². The Hall–Kier alpha value is -1.28. The van der Waals surface area contributed by atoms with Crippen molar-refractivity contribution in [2.24, 2.45) is 0 Å². The van der Waals surface area contributed by atoms with Gasteiger partial charge in [-0.15, -0.1) is 5.06 Å². The van der Waals surface area contributed by atoms with E-state index in [9.17, 15) is 0 Å². The van der Waals surface area contributed by atoms with Crippen LogP contribution in [0.25, 0.3) is 0 Å². The summed E-state index contributed by atoms with van der Waals surface area (Å²) in [6.45, 7) is 2.76. The second-order valence-corrected chi connectivity index (χ2v) is 7.38. The summed E-state index contributed by atoms with van der Waals surface area (Å²) in [5, 5.41) is 12.9. The van der Waals surface area contributed by atoms with E-state index in [2.05, 4.69) is 92.4 Å². The van der Waals surface area contributed by atoms with Gasteiger partial charge in [-0.05, 0) is 45.6 Å². The largest absolute Gasteiger partial charge is 0.315 e. The van der Waals surface area contributed by atoms with Gasteiger partial charge in [-0.3, -0.25) is 15.5 Å². The molecule has 2 aromatic carbocycles. The van der Waals surface area contributed by atoms with Crippen LogP contribution in [0.5, 0.6) is 0 Å². The molecule has 0 saturated heterocycles. The van der Waals surface area contributed by atoms with Crippen LogP contribution in [0.1, 0.15) is 24.1 Å². The van der Waals surface area contributed by atoms with Gasteiger partial charge in [0.05, 0.1) is 18.0 Å². The van der Waals surface area contributed by atoms with Crippen LogP contribution in [0.3, 0.4) is 0 Å². The van der Waals surface area contributed by atoms with Gasteiger partial charge >= 0.3 is 0 Å². The van der Waals surface area contributed by atoms with Crippen LogP contribution < -0.4 is 16.0 Å². The minimum absolute atomic E-state index is 0.000534. The van der Waals surface area contributed by atoms with E-state index < -0.39 is 5.79 Å². The third-order valence-corrected chi connectivity index (χ3v) is 5.99. The molecule has 0 aliphatic carbocycles. The molecule has 3 N–H and O–H groups in total. The predicted octanol–water partition coefficient (Wildman–Crippen LogP) is 3.30. The van der Waals surface area contributed by atoms with Crippen molar-refractivity contribution in [1.29, 1.82) is 0 Å². The highest BCUT2D eigenvalue weighted by Gasteiger charge is 2.41. The lowest BCUT2D eigenvalue weighted by molar-refractivity contribution is -0.263. The summed E-state index contributed by atoms with van der Waals surface area (Å²) in [7, 11) is 5.87. The second kappa shape index (κ2) is 11.7. The molecular weight excluding hydrogens is 416 g/mol. The number of alkyl halides is 1. The van der Waals surface area contributed by atoms with Gasteiger partial charge in [0.2, 0.25) is 0 Å².